The van der Waals surface area contributed by atoms with Gasteiger partial charge in [-0.15, -0.1) is 0 Å². The molecule has 0 heterocycles. The van der Waals surface area contributed by atoms with E-state index in [1.54, 1.807) is 34.0 Å². The molecule has 22 nitrogen and oxygen atoms in total. The smallest absolute Gasteiger partial charge is 0.326 e. The van der Waals surface area contributed by atoms with E-state index in [2.05, 4.69) is 37.2 Å². The van der Waals surface area contributed by atoms with E-state index in [0.717, 1.165) is 6.92 Å². The molecule has 23 heteroatoms. The van der Waals surface area contributed by atoms with Gasteiger partial charge in [0.15, 0.2) is 0 Å². The van der Waals surface area contributed by atoms with Crippen molar-refractivity contribution in [1.82, 2.24) is 37.2 Å². The van der Waals surface area contributed by atoms with E-state index in [-0.39, 0.29) is 12.3 Å². The number of aliphatic hydroxyl groups excluding tert-OH is 3. The largest absolute Gasteiger partial charge is 0.480 e. The lowest BCUT2D eigenvalue weighted by Gasteiger charge is -2.29. The van der Waals surface area contributed by atoms with Crippen molar-refractivity contribution in [1.29, 1.82) is 0 Å². The first-order valence-electron chi connectivity index (χ1n) is 18.7. The fraction of sp³-hybridized carbons (Fsp3) is 0.743. The minimum Gasteiger partial charge on any atom is -0.480 e. The number of aliphatic carboxylic acids is 1. The summed E-state index contributed by atoms with van der Waals surface area (Å²) in [6, 6.07) is -12.0. The number of thioether (sulfide) groups is 1. The third-order valence-electron chi connectivity index (χ3n) is 9.02. The highest BCUT2D eigenvalue weighted by atomic mass is 32.2. The summed E-state index contributed by atoms with van der Waals surface area (Å²) in [5, 5.41) is 56.6. The van der Waals surface area contributed by atoms with Crippen molar-refractivity contribution in [3.05, 3.63) is 0 Å². The normalized spacial score (nSPS) is 17.5. The zero-order chi connectivity index (χ0) is 45.2. The van der Waals surface area contributed by atoms with Crippen LogP contribution in [0.4, 0.5) is 0 Å². The Morgan fingerprint density at radius 3 is 1.38 bits per heavy atom. The number of nitrogens with two attached hydrogens (primary N) is 2. The Morgan fingerprint density at radius 2 is 0.966 bits per heavy atom. The van der Waals surface area contributed by atoms with E-state index in [1.807, 2.05) is 0 Å². The average molecular weight is 850 g/mol. The lowest BCUT2D eigenvalue weighted by Crippen LogP contribution is -2.63. The molecule has 8 amide bonds. The zero-order valence-corrected chi connectivity index (χ0v) is 35.2. The van der Waals surface area contributed by atoms with Crippen LogP contribution in [0, 0.1) is 11.8 Å². The molecule has 12 atom stereocenters. The van der Waals surface area contributed by atoms with Crippen LogP contribution in [0.3, 0.4) is 0 Å². The van der Waals surface area contributed by atoms with Gasteiger partial charge < -0.3 is 69.1 Å². The van der Waals surface area contributed by atoms with Gasteiger partial charge in [0, 0.05) is 0 Å². The maximum Gasteiger partial charge on any atom is 0.326 e. The highest BCUT2D eigenvalue weighted by molar-refractivity contribution is 7.98. The van der Waals surface area contributed by atoms with Crippen molar-refractivity contribution >= 4 is 65.0 Å². The van der Waals surface area contributed by atoms with Crippen molar-refractivity contribution < 1.29 is 63.6 Å². The van der Waals surface area contributed by atoms with Gasteiger partial charge in [-0.05, 0) is 58.0 Å². The SMILES string of the molecule is CC[C@H](C)[C@H](NC(=O)[C@@H](NC(=O)[C@H](C)NC(=O)[C@@H](NC(=O)[C@H](CC(N)=O)NC(=O)[C@@H](NC(=O)[C@@H](N)C(C)C)[C@@H](C)O)[C@@H](C)O)[C@@H](C)O)C(=O)N[C@@H](CCSC)C(=O)O. The van der Waals surface area contributed by atoms with Crippen LogP contribution in [-0.2, 0) is 43.2 Å². The molecule has 0 radical (unpaired) electrons. The molecule has 0 aromatic heterocycles. The number of hydrogen-bond donors (Lipinski definition) is 13. The molecule has 0 aromatic carbocycles. The lowest BCUT2D eigenvalue weighted by atomic mass is 9.97. The maximum absolute atomic E-state index is 13.4. The van der Waals surface area contributed by atoms with E-state index in [4.69, 9.17) is 11.5 Å². The van der Waals surface area contributed by atoms with Gasteiger partial charge in [0.25, 0.3) is 0 Å². The molecule has 0 bridgehead atoms. The third kappa shape index (κ3) is 17.9. The quantitative estimate of drug-likeness (QED) is 0.0389. The van der Waals surface area contributed by atoms with Gasteiger partial charge in [0.1, 0.15) is 42.3 Å². The molecule has 0 unspecified atom stereocenters. The summed E-state index contributed by atoms with van der Waals surface area (Å²) >= 11 is 1.38. The van der Waals surface area contributed by atoms with E-state index in [9.17, 15) is 63.6 Å². The number of amides is 8. The molecule has 332 valence electrons. The fourth-order valence-corrected chi connectivity index (χ4v) is 5.51. The van der Waals surface area contributed by atoms with Crippen molar-refractivity contribution in [2.75, 3.05) is 12.0 Å². The monoisotopic (exact) mass is 849 g/mol. The highest BCUT2D eigenvalue weighted by Crippen LogP contribution is 2.11. The van der Waals surface area contributed by atoms with Crippen LogP contribution in [0.25, 0.3) is 0 Å². The van der Waals surface area contributed by atoms with E-state index in [1.165, 1.54) is 32.5 Å². The second-order valence-corrected chi connectivity index (χ2v) is 15.5. The second kappa shape index (κ2) is 25.7. The number of primary amides is 1. The van der Waals surface area contributed by atoms with Crippen LogP contribution >= 0.6 is 11.8 Å². The van der Waals surface area contributed by atoms with Crippen LogP contribution in [0.1, 0.15) is 74.7 Å². The molecular weight excluding hydrogens is 787 g/mol. The van der Waals surface area contributed by atoms with E-state index >= 15 is 0 Å². The van der Waals surface area contributed by atoms with Crippen molar-refractivity contribution in [3.63, 3.8) is 0 Å². The van der Waals surface area contributed by atoms with Crippen LogP contribution in [0.15, 0.2) is 0 Å². The minimum atomic E-state index is -1.82. The topological polar surface area (TPSA) is 371 Å². The van der Waals surface area contributed by atoms with Crippen LogP contribution in [0.2, 0.25) is 0 Å². The van der Waals surface area contributed by atoms with Crippen LogP contribution < -0.4 is 48.7 Å². The first-order chi connectivity index (χ1) is 26.8. The van der Waals surface area contributed by atoms with Crippen LogP contribution in [-0.4, -0.2) is 152 Å². The zero-order valence-electron chi connectivity index (χ0n) is 34.4. The molecule has 0 fully saturated rings. The molecule has 0 spiro atoms. The number of hydrogen-bond acceptors (Lipinski definition) is 14. The van der Waals surface area contributed by atoms with Gasteiger partial charge in [-0.1, -0.05) is 34.1 Å². The van der Waals surface area contributed by atoms with Crippen molar-refractivity contribution in [2.45, 2.75) is 141 Å². The van der Waals surface area contributed by atoms with Gasteiger partial charge >= 0.3 is 5.97 Å². The molecule has 0 aliphatic carbocycles. The van der Waals surface area contributed by atoms with Crippen molar-refractivity contribution in [2.24, 2.45) is 23.3 Å². The number of nitrogens with one attached hydrogen (secondary N) is 7. The van der Waals surface area contributed by atoms with Gasteiger partial charge in [0.05, 0.1) is 30.8 Å². The van der Waals surface area contributed by atoms with Crippen molar-refractivity contribution in [3.8, 4) is 0 Å². The Balaban J connectivity index is 6.00. The number of rotatable bonds is 26. The number of carbonyl (C=O) groups excluding carboxylic acids is 8. The van der Waals surface area contributed by atoms with Gasteiger partial charge in [0.2, 0.25) is 47.3 Å². The molecule has 0 saturated heterocycles. The predicted molar refractivity (Wildman–Crippen MR) is 211 cm³/mol. The number of carbonyl (C=O) groups is 9. The minimum absolute atomic E-state index is 0.114. The summed E-state index contributed by atoms with van der Waals surface area (Å²) in [7, 11) is 0. The summed E-state index contributed by atoms with van der Waals surface area (Å²) in [4.78, 5) is 115. The van der Waals surface area contributed by atoms with Gasteiger partial charge in [-0.3, -0.25) is 38.4 Å². The molecule has 0 saturated carbocycles. The van der Waals surface area contributed by atoms with E-state index in [0.29, 0.717) is 12.2 Å². The summed E-state index contributed by atoms with van der Waals surface area (Å²) in [6.45, 7) is 11.3. The van der Waals surface area contributed by atoms with E-state index < -0.39 is 132 Å². The van der Waals surface area contributed by atoms with Gasteiger partial charge in [-0.25, -0.2) is 4.79 Å². The molecule has 0 aliphatic rings. The Kier molecular flexibility index (Phi) is 23.7. The molecule has 58 heavy (non-hydrogen) atoms. The number of aliphatic hydroxyl groups is 3. The summed E-state index contributed by atoms with van der Waals surface area (Å²) in [6.07, 6.45) is -3.26. The number of carboxylic acid groups (broad SMARTS) is 1. The molecule has 0 aromatic rings. The summed E-state index contributed by atoms with van der Waals surface area (Å²) < 4.78 is 0. The Labute approximate surface area is 341 Å². The Morgan fingerprint density at radius 1 is 0.569 bits per heavy atom. The first-order valence-corrected chi connectivity index (χ1v) is 20.1. The molecule has 15 N–H and O–H groups in total. The molecular formula is C35H63N9O13S. The molecule has 0 aliphatic heterocycles. The summed E-state index contributed by atoms with van der Waals surface area (Å²) in [5.74, 6) is -9.85. The third-order valence-corrected chi connectivity index (χ3v) is 9.66. The van der Waals surface area contributed by atoms with Crippen LogP contribution in [0.5, 0.6) is 0 Å². The highest BCUT2D eigenvalue weighted by Gasteiger charge is 2.37. The number of carboxylic acids is 1. The first kappa shape index (κ1) is 53.4. The molecule has 0 rings (SSSR count). The Hall–Kier alpha value is -4.58. The van der Waals surface area contributed by atoms with Gasteiger partial charge in [-0.2, -0.15) is 11.8 Å². The second-order valence-electron chi connectivity index (χ2n) is 14.5. The maximum atomic E-state index is 13.4. The Bertz CT molecular complexity index is 1450. The summed E-state index contributed by atoms with van der Waals surface area (Å²) in [5.41, 5.74) is 11.1. The lowest BCUT2D eigenvalue weighted by molar-refractivity contribution is -0.143. The average Bonchev–Trinajstić information content (AvgIpc) is 3.12. The predicted octanol–water partition coefficient (Wildman–Crippen LogP) is -4.72. The fourth-order valence-electron chi connectivity index (χ4n) is 5.04. The standard InChI is InChI=1S/C35H63N9O13S/c1-10-15(4)24(31(52)39-20(35(56)57)11-12-58-9)41-34(55)27(19(8)47)42-28(49)16(5)38-32(53)25(17(6)45)43-29(50)21(13-22(36)48)40-33(54)26(18(7)46)44-30(51)23(37)14(2)3/h14-21,23-27,45-47H,10-13,37H2,1-9H3,(H2,36,48)(H,38,53)(H,39,52)(H,40,54)(H,41,55)(H,42,49)(H,43,50)(H,44,51)(H,56,57)/t15-,16-,17+,18+,19+,20-,21-,23-,24-,25-,26-,27-/m0/s1.